The second-order valence-corrected chi connectivity index (χ2v) is 8.47. The van der Waals surface area contributed by atoms with E-state index in [9.17, 15) is 4.79 Å². The number of rotatable bonds is 7. The Hall–Kier alpha value is -3.11. The lowest BCUT2D eigenvalue weighted by Gasteiger charge is -2.28. The molecule has 1 fully saturated rings. The van der Waals surface area contributed by atoms with Crippen molar-refractivity contribution in [1.82, 2.24) is 25.1 Å². The van der Waals surface area contributed by atoms with Gasteiger partial charge in [0.25, 0.3) is 0 Å². The van der Waals surface area contributed by atoms with Gasteiger partial charge in [0, 0.05) is 55.8 Å². The fourth-order valence-electron chi connectivity index (χ4n) is 3.43. The number of amides is 2. The van der Waals surface area contributed by atoms with Gasteiger partial charge in [-0.2, -0.15) is 5.10 Å². The van der Waals surface area contributed by atoms with Crippen LogP contribution in [0.3, 0.4) is 0 Å². The van der Waals surface area contributed by atoms with Crippen molar-refractivity contribution < 1.29 is 9.53 Å². The van der Waals surface area contributed by atoms with Crippen LogP contribution in [-0.2, 0) is 35.8 Å². The molecule has 0 atom stereocenters. The standard InChI is InChI=1S/C22H27N7O2S/c1-28-14-16(13-24-28)12-23-22(30)26-18-5-3-17(4-6-18)21-25-19(15-32-2)11-20(27-21)29-7-9-31-10-8-29/h3-6,11,13-14H,7-10,12,15H2,1-2H3,(H2,23,26,30)/p+1. The Balaban J connectivity index is 1.44. The third kappa shape index (κ3) is 5.77. The predicted octanol–water partition coefficient (Wildman–Crippen LogP) is 1.98. The number of aryl methyl sites for hydroxylation is 1. The lowest BCUT2D eigenvalue weighted by molar-refractivity contribution is 0.122. The van der Waals surface area contributed by atoms with Crippen molar-refractivity contribution in [3.8, 4) is 11.4 Å². The van der Waals surface area contributed by atoms with Crippen molar-refractivity contribution >= 4 is 29.3 Å². The van der Waals surface area contributed by atoms with Crippen molar-refractivity contribution in [2.24, 2.45) is 7.05 Å². The minimum absolute atomic E-state index is 0.267. The average molecular weight is 455 g/mol. The number of benzene rings is 1. The van der Waals surface area contributed by atoms with Gasteiger partial charge in [0.05, 0.1) is 31.4 Å². The Morgan fingerprint density at radius 1 is 1.19 bits per heavy atom. The van der Waals surface area contributed by atoms with E-state index in [2.05, 4.69) is 33.0 Å². The van der Waals surface area contributed by atoms with Gasteiger partial charge in [0.15, 0.2) is 5.82 Å². The average Bonchev–Trinajstić information content (AvgIpc) is 3.24. The number of hydrogen-bond donors (Lipinski definition) is 2. The third-order valence-electron chi connectivity index (χ3n) is 5.03. The Morgan fingerprint density at radius 2 is 1.97 bits per heavy atom. The van der Waals surface area contributed by atoms with Crippen molar-refractivity contribution in [3.63, 3.8) is 0 Å². The summed E-state index contributed by atoms with van der Waals surface area (Å²) >= 11 is 1.26. The number of thiol groups is 1. The molecule has 10 heteroatoms. The zero-order valence-electron chi connectivity index (χ0n) is 18.3. The molecule has 3 aromatic rings. The maximum atomic E-state index is 12.2. The number of ether oxygens (including phenoxy) is 1. The van der Waals surface area contributed by atoms with Crippen LogP contribution < -0.4 is 15.5 Å². The SMILES string of the molecule is C[SH+]Cc1cc(N2CCOCC2)nc(-c2ccc(NC(=O)NCc3cnn(C)c3)cc2)n1. The highest BCUT2D eigenvalue weighted by Crippen LogP contribution is 2.23. The molecule has 1 aromatic carbocycles. The Bertz CT molecular complexity index is 1050. The summed E-state index contributed by atoms with van der Waals surface area (Å²) in [4.78, 5) is 24.0. The number of nitrogens with zero attached hydrogens (tertiary/aromatic N) is 5. The molecule has 0 radical (unpaired) electrons. The molecule has 0 aliphatic carbocycles. The fraction of sp³-hybridized carbons (Fsp3) is 0.364. The maximum absolute atomic E-state index is 12.2. The van der Waals surface area contributed by atoms with Gasteiger partial charge in [-0.05, 0) is 36.0 Å². The zero-order chi connectivity index (χ0) is 22.3. The van der Waals surface area contributed by atoms with E-state index in [-0.39, 0.29) is 6.03 Å². The third-order valence-corrected chi connectivity index (χ3v) is 5.67. The Kier molecular flexibility index (Phi) is 7.23. The van der Waals surface area contributed by atoms with E-state index in [1.54, 1.807) is 10.9 Å². The van der Waals surface area contributed by atoms with Gasteiger partial charge in [-0.1, -0.05) is 0 Å². The number of carbonyl (C=O) groups excluding carboxylic acids is 1. The summed E-state index contributed by atoms with van der Waals surface area (Å²) in [7, 11) is 1.84. The van der Waals surface area contributed by atoms with Crippen LogP contribution in [-0.4, -0.2) is 58.3 Å². The van der Waals surface area contributed by atoms with Crippen LogP contribution in [0.4, 0.5) is 16.3 Å². The molecule has 2 amide bonds. The maximum Gasteiger partial charge on any atom is 0.319 e. The molecule has 0 unspecified atom stereocenters. The normalized spacial score (nSPS) is 13.8. The van der Waals surface area contributed by atoms with E-state index in [0.29, 0.717) is 31.3 Å². The predicted molar refractivity (Wildman–Crippen MR) is 128 cm³/mol. The molecule has 1 aliphatic rings. The van der Waals surface area contributed by atoms with Crippen LogP contribution in [0, 0.1) is 0 Å². The molecule has 9 nitrogen and oxygen atoms in total. The van der Waals surface area contributed by atoms with Crippen LogP contribution in [0.25, 0.3) is 11.4 Å². The van der Waals surface area contributed by atoms with Gasteiger partial charge < -0.3 is 20.3 Å². The van der Waals surface area contributed by atoms with E-state index in [0.717, 1.165) is 41.5 Å². The molecule has 0 spiro atoms. The van der Waals surface area contributed by atoms with Crippen LogP contribution in [0.5, 0.6) is 0 Å². The molecule has 0 saturated carbocycles. The van der Waals surface area contributed by atoms with Crippen LogP contribution in [0.2, 0.25) is 0 Å². The molecule has 168 valence electrons. The van der Waals surface area contributed by atoms with Crippen molar-refractivity contribution in [2.75, 3.05) is 42.8 Å². The number of hydrogen-bond acceptors (Lipinski definition) is 6. The van der Waals surface area contributed by atoms with Gasteiger partial charge in [-0.3, -0.25) is 4.68 Å². The van der Waals surface area contributed by atoms with Gasteiger partial charge in [-0.25, -0.2) is 14.8 Å². The quantitative estimate of drug-likeness (QED) is 0.419. The minimum Gasteiger partial charge on any atom is -0.378 e. The van der Waals surface area contributed by atoms with Crippen molar-refractivity contribution in [1.29, 1.82) is 0 Å². The molecule has 1 aliphatic heterocycles. The summed E-state index contributed by atoms with van der Waals surface area (Å²) in [6.07, 6.45) is 5.72. The highest BCUT2D eigenvalue weighted by Gasteiger charge is 2.16. The highest BCUT2D eigenvalue weighted by atomic mass is 32.2. The van der Waals surface area contributed by atoms with E-state index < -0.39 is 0 Å². The number of anilines is 2. The summed E-state index contributed by atoms with van der Waals surface area (Å²) in [5.41, 5.74) is 3.58. The molecule has 0 bridgehead atoms. The van der Waals surface area contributed by atoms with E-state index >= 15 is 0 Å². The first-order valence-electron chi connectivity index (χ1n) is 10.5. The smallest absolute Gasteiger partial charge is 0.319 e. The second kappa shape index (κ2) is 10.5. The molecule has 4 rings (SSSR count). The van der Waals surface area contributed by atoms with Crippen LogP contribution >= 0.6 is 0 Å². The molecular weight excluding hydrogens is 426 g/mol. The molecule has 2 N–H and O–H groups in total. The highest BCUT2D eigenvalue weighted by molar-refractivity contribution is 7.76. The molecule has 2 aromatic heterocycles. The van der Waals surface area contributed by atoms with Crippen molar-refractivity contribution in [2.45, 2.75) is 12.3 Å². The first kappa shape index (κ1) is 22.1. The summed E-state index contributed by atoms with van der Waals surface area (Å²) in [6.45, 7) is 3.50. The number of nitrogens with one attached hydrogen (secondary N) is 2. The number of urea groups is 1. The second-order valence-electron chi connectivity index (χ2n) is 7.52. The summed E-state index contributed by atoms with van der Waals surface area (Å²) < 4.78 is 7.18. The molecular formula is C22H28N7O2S+. The molecule has 3 heterocycles. The minimum atomic E-state index is -0.267. The summed E-state index contributed by atoms with van der Waals surface area (Å²) in [5, 5.41) is 9.77. The van der Waals surface area contributed by atoms with Gasteiger partial charge in [-0.15, -0.1) is 0 Å². The topological polar surface area (TPSA) is 97.2 Å². The van der Waals surface area contributed by atoms with E-state index in [4.69, 9.17) is 14.7 Å². The summed E-state index contributed by atoms with van der Waals surface area (Å²) in [5.74, 6) is 2.51. The van der Waals surface area contributed by atoms with Gasteiger partial charge in [0.2, 0.25) is 0 Å². The Labute approximate surface area is 191 Å². The number of aromatic nitrogens is 4. The summed E-state index contributed by atoms with van der Waals surface area (Å²) in [6, 6.07) is 9.40. The van der Waals surface area contributed by atoms with E-state index in [1.807, 2.05) is 37.5 Å². The largest absolute Gasteiger partial charge is 0.378 e. The van der Waals surface area contributed by atoms with Gasteiger partial charge >= 0.3 is 6.03 Å². The monoisotopic (exact) mass is 454 g/mol. The van der Waals surface area contributed by atoms with Crippen molar-refractivity contribution in [3.05, 3.63) is 54.0 Å². The lowest BCUT2D eigenvalue weighted by atomic mass is 10.2. The number of carbonyl (C=O) groups is 1. The first-order valence-corrected chi connectivity index (χ1v) is 12.0. The fourth-order valence-corrected chi connectivity index (χ4v) is 3.92. The Morgan fingerprint density at radius 3 is 2.66 bits per heavy atom. The zero-order valence-corrected chi connectivity index (χ0v) is 19.2. The van der Waals surface area contributed by atoms with E-state index in [1.165, 1.54) is 11.8 Å². The van der Waals surface area contributed by atoms with Crippen LogP contribution in [0.15, 0.2) is 42.7 Å². The lowest BCUT2D eigenvalue weighted by Crippen LogP contribution is -2.37. The first-order chi connectivity index (χ1) is 15.6. The molecule has 1 saturated heterocycles. The van der Waals surface area contributed by atoms with Crippen LogP contribution in [0.1, 0.15) is 11.3 Å². The number of morpholine rings is 1. The van der Waals surface area contributed by atoms with Gasteiger partial charge in [0.1, 0.15) is 11.6 Å². The molecule has 32 heavy (non-hydrogen) atoms.